The van der Waals surface area contributed by atoms with Gasteiger partial charge in [0.2, 0.25) is 0 Å². The molecule has 0 saturated carbocycles. The number of carbonyl (C=O) groups is 1. The van der Waals surface area contributed by atoms with Gasteiger partial charge in [0.1, 0.15) is 0 Å². The number of imidazole rings is 1. The molecule has 8 heteroatoms. The summed E-state index contributed by atoms with van der Waals surface area (Å²) in [6.45, 7) is 4.15. The molecule has 0 aliphatic carbocycles. The maximum absolute atomic E-state index is 12.7. The molecule has 1 saturated heterocycles. The normalized spacial score (nSPS) is 16.5. The molecule has 0 amide bonds. The number of carbonyl (C=O) groups excluding carboxylic acids is 1. The Hall–Kier alpha value is -2.55. The Kier molecular flexibility index (Phi) is 6.07. The summed E-state index contributed by atoms with van der Waals surface area (Å²) in [4.78, 5) is 20.7. The molecule has 0 N–H and O–H groups in total. The molecule has 4 aromatic rings. The van der Waals surface area contributed by atoms with Crippen molar-refractivity contribution in [3.05, 3.63) is 59.8 Å². The molecular formula is C25H27N3O3S2. The van der Waals surface area contributed by atoms with Crippen molar-refractivity contribution in [2.24, 2.45) is 0 Å². The van der Waals surface area contributed by atoms with E-state index in [2.05, 4.69) is 40.6 Å². The minimum atomic E-state index is -2.84. The molecule has 6 nitrogen and oxygen atoms in total. The fourth-order valence-electron chi connectivity index (χ4n) is 4.36. The molecule has 1 aliphatic rings. The Morgan fingerprint density at radius 1 is 1.09 bits per heavy atom. The van der Waals surface area contributed by atoms with E-state index in [0.29, 0.717) is 19.5 Å². The van der Waals surface area contributed by atoms with Crippen LogP contribution >= 0.6 is 11.3 Å². The summed E-state index contributed by atoms with van der Waals surface area (Å²) in [5.74, 6) is 0.662. The number of benzene rings is 2. The number of Topliss-reactive ketones (excluding diaryl/α,β-unsaturated/α-hetero) is 1. The third-order valence-corrected chi connectivity index (χ3v) is 8.92. The predicted octanol–water partition coefficient (Wildman–Crippen LogP) is 4.61. The van der Waals surface area contributed by atoms with Crippen LogP contribution in [0.2, 0.25) is 0 Å². The number of hydrogen-bond acceptors (Lipinski definition) is 6. The number of thiazole rings is 1. The summed E-state index contributed by atoms with van der Waals surface area (Å²) in [6.07, 6.45) is 4.30. The Bertz CT molecular complexity index is 1420. The lowest BCUT2D eigenvalue weighted by Gasteiger charge is -2.26. The first-order valence-corrected chi connectivity index (χ1v) is 14.0. The molecule has 5 rings (SSSR count). The van der Waals surface area contributed by atoms with E-state index in [-0.39, 0.29) is 17.3 Å². The molecule has 0 bridgehead atoms. The fraction of sp³-hybridized carbons (Fsp3) is 0.360. The van der Waals surface area contributed by atoms with Gasteiger partial charge in [-0.15, -0.1) is 0 Å². The Labute approximate surface area is 197 Å². The minimum Gasteiger partial charge on any atom is -0.301 e. The SMILES string of the molecule is Cc1cccc(-c2cn3c(n2)sc2cc(C(=O)CCCCN4CCS(=O)(=O)CC4)ccc23)c1. The first-order chi connectivity index (χ1) is 15.9. The van der Waals surface area contributed by atoms with Crippen molar-refractivity contribution < 1.29 is 13.2 Å². The van der Waals surface area contributed by atoms with Crippen LogP contribution < -0.4 is 0 Å². The topological polar surface area (TPSA) is 71.8 Å². The maximum atomic E-state index is 12.7. The molecule has 33 heavy (non-hydrogen) atoms. The molecule has 172 valence electrons. The summed E-state index contributed by atoms with van der Waals surface area (Å²) < 4.78 is 26.2. The molecule has 2 aromatic carbocycles. The highest BCUT2D eigenvalue weighted by molar-refractivity contribution is 7.91. The number of aryl methyl sites for hydroxylation is 1. The molecule has 0 atom stereocenters. The van der Waals surface area contributed by atoms with Gasteiger partial charge in [-0.25, -0.2) is 13.4 Å². The van der Waals surface area contributed by atoms with Crippen molar-refractivity contribution in [3.63, 3.8) is 0 Å². The molecule has 0 radical (unpaired) electrons. The van der Waals surface area contributed by atoms with Gasteiger partial charge in [0.05, 0.1) is 27.4 Å². The van der Waals surface area contributed by atoms with Crippen LogP contribution in [-0.2, 0) is 9.84 Å². The number of nitrogens with zero attached hydrogens (tertiary/aromatic N) is 3. The van der Waals surface area contributed by atoms with Gasteiger partial charge < -0.3 is 4.90 Å². The van der Waals surface area contributed by atoms with Crippen LogP contribution in [0.15, 0.2) is 48.7 Å². The molecular weight excluding hydrogens is 454 g/mol. The summed E-state index contributed by atoms with van der Waals surface area (Å²) >= 11 is 1.60. The Morgan fingerprint density at radius 2 is 1.91 bits per heavy atom. The number of sulfone groups is 1. The van der Waals surface area contributed by atoms with E-state index in [1.54, 1.807) is 11.3 Å². The monoisotopic (exact) mass is 481 g/mol. The highest BCUT2D eigenvalue weighted by Gasteiger charge is 2.21. The zero-order valence-electron chi connectivity index (χ0n) is 18.7. The second-order valence-corrected chi connectivity index (χ2v) is 12.1. The van der Waals surface area contributed by atoms with Gasteiger partial charge in [-0.05, 0) is 50.6 Å². The van der Waals surface area contributed by atoms with Crippen molar-refractivity contribution in [3.8, 4) is 11.3 Å². The third-order valence-electron chi connectivity index (χ3n) is 6.30. The van der Waals surface area contributed by atoms with Gasteiger partial charge in [0.25, 0.3) is 0 Å². The highest BCUT2D eigenvalue weighted by atomic mass is 32.2. The first-order valence-electron chi connectivity index (χ1n) is 11.3. The van der Waals surface area contributed by atoms with Gasteiger partial charge in [-0.2, -0.15) is 0 Å². The average Bonchev–Trinajstić information content (AvgIpc) is 3.35. The lowest BCUT2D eigenvalue weighted by atomic mass is 10.1. The number of rotatable bonds is 7. The molecule has 0 spiro atoms. The Morgan fingerprint density at radius 3 is 2.70 bits per heavy atom. The number of hydrogen-bond donors (Lipinski definition) is 0. The molecule has 0 unspecified atom stereocenters. The quantitative estimate of drug-likeness (QED) is 0.285. The molecule has 2 aromatic heterocycles. The zero-order valence-corrected chi connectivity index (χ0v) is 20.3. The van der Waals surface area contributed by atoms with Crippen LogP contribution in [-0.4, -0.2) is 59.6 Å². The molecule has 3 heterocycles. The van der Waals surface area contributed by atoms with Gasteiger partial charge in [-0.1, -0.05) is 35.1 Å². The summed E-state index contributed by atoms with van der Waals surface area (Å²) in [5.41, 5.74) is 5.09. The number of ketones is 1. The largest absolute Gasteiger partial charge is 0.301 e. The maximum Gasteiger partial charge on any atom is 0.195 e. The van der Waals surface area contributed by atoms with Crippen molar-refractivity contribution in [1.82, 2.24) is 14.3 Å². The second kappa shape index (κ2) is 9.00. The summed E-state index contributed by atoms with van der Waals surface area (Å²) in [7, 11) is -2.84. The second-order valence-electron chi connectivity index (χ2n) is 8.81. The first kappa shape index (κ1) is 22.3. The lowest BCUT2D eigenvalue weighted by molar-refractivity contribution is 0.0978. The van der Waals surface area contributed by atoms with E-state index in [1.165, 1.54) is 5.56 Å². The number of unbranched alkanes of at least 4 members (excludes halogenated alkanes) is 1. The van der Waals surface area contributed by atoms with Crippen LogP contribution in [0.25, 0.3) is 26.4 Å². The summed E-state index contributed by atoms with van der Waals surface area (Å²) in [6, 6.07) is 14.3. The number of aromatic nitrogens is 2. The van der Waals surface area contributed by atoms with Gasteiger partial charge in [0.15, 0.2) is 20.6 Å². The van der Waals surface area contributed by atoms with E-state index < -0.39 is 9.84 Å². The van der Waals surface area contributed by atoms with Crippen LogP contribution in [0.4, 0.5) is 0 Å². The lowest BCUT2D eigenvalue weighted by Crippen LogP contribution is -2.40. The van der Waals surface area contributed by atoms with Crippen molar-refractivity contribution in [2.75, 3.05) is 31.1 Å². The van der Waals surface area contributed by atoms with Crippen LogP contribution in [0.3, 0.4) is 0 Å². The number of fused-ring (bicyclic) bond motifs is 3. The van der Waals surface area contributed by atoms with E-state index in [0.717, 1.165) is 51.4 Å². The minimum absolute atomic E-state index is 0.157. The van der Waals surface area contributed by atoms with Gasteiger partial charge in [-0.3, -0.25) is 9.20 Å². The average molecular weight is 482 g/mol. The summed E-state index contributed by atoms with van der Waals surface area (Å²) in [5, 5.41) is 0. The van der Waals surface area contributed by atoms with Crippen molar-refractivity contribution in [2.45, 2.75) is 26.2 Å². The predicted molar refractivity (Wildman–Crippen MR) is 134 cm³/mol. The van der Waals surface area contributed by atoms with E-state index in [4.69, 9.17) is 4.98 Å². The van der Waals surface area contributed by atoms with E-state index in [1.807, 2.05) is 24.3 Å². The van der Waals surface area contributed by atoms with Crippen LogP contribution in [0.1, 0.15) is 35.2 Å². The van der Waals surface area contributed by atoms with Crippen LogP contribution in [0.5, 0.6) is 0 Å². The van der Waals surface area contributed by atoms with E-state index in [9.17, 15) is 13.2 Å². The Balaban J connectivity index is 1.22. The van der Waals surface area contributed by atoms with Crippen molar-refractivity contribution >= 4 is 42.1 Å². The zero-order chi connectivity index (χ0) is 23.0. The molecule has 1 aliphatic heterocycles. The molecule has 1 fully saturated rings. The van der Waals surface area contributed by atoms with Gasteiger partial charge >= 0.3 is 0 Å². The fourth-order valence-corrected chi connectivity index (χ4v) is 6.68. The standard InChI is InChI=1S/C25H27N3O3S2/c1-18-5-4-6-19(15-18)21-17-28-22-9-8-20(16-24(22)32-25(28)26-21)23(29)7-2-3-10-27-11-13-33(30,31)14-12-27/h4-6,8-9,15-17H,2-3,7,10-14H2,1H3. The van der Waals surface area contributed by atoms with E-state index >= 15 is 0 Å². The smallest absolute Gasteiger partial charge is 0.195 e. The highest BCUT2D eigenvalue weighted by Crippen LogP contribution is 2.30. The van der Waals surface area contributed by atoms with Crippen LogP contribution in [0, 0.1) is 6.92 Å². The van der Waals surface area contributed by atoms with Gasteiger partial charge in [0, 0.05) is 36.8 Å². The van der Waals surface area contributed by atoms with Crippen molar-refractivity contribution in [1.29, 1.82) is 0 Å². The third kappa shape index (κ3) is 4.88.